The zero-order chi connectivity index (χ0) is 15.0. The van der Waals surface area contributed by atoms with Crippen molar-refractivity contribution in [2.75, 3.05) is 0 Å². The Labute approximate surface area is 125 Å². The highest BCUT2D eigenvalue weighted by Gasteiger charge is 2.19. The van der Waals surface area contributed by atoms with E-state index in [1.807, 2.05) is 19.1 Å². The van der Waals surface area contributed by atoms with Crippen LogP contribution in [0.3, 0.4) is 0 Å². The second-order valence-corrected chi connectivity index (χ2v) is 7.07. The van der Waals surface area contributed by atoms with Gasteiger partial charge in [0, 0.05) is 34.2 Å². The summed E-state index contributed by atoms with van der Waals surface area (Å²) in [5, 5.41) is 4.39. The highest BCUT2D eigenvalue weighted by Crippen LogP contribution is 2.28. The minimum Gasteiger partial charge on any atom is -0.337 e. The minimum atomic E-state index is -3.82. The normalized spacial score (nSPS) is 12.1. The van der Waals surface area contributed by atoms with Crippen LogP contribution in [-0.2, 0) is 22.0 Å². The van der Waals surface area contributed by atoms with E-state index in [4.69, 9.17) is 15.2 Å². The Morgan fingerprint density at radius 3 is 2.76 bits per heavy atom. The SMILES string of the molecule is CCc1noc(Cn2cc(S(=O)(=O)Cl)c3ccccc32)n1. The van der Waals surface area contributed by atoms with Gasteiger partial charge in [0.1, 0.15) is 11.4 Å². The first-order valence-corrected chi connectivity index (χ1v) is 8.64. The third-order valence-electron chi connectivity index (χ3n) is 3.15. The fourth-order valence-corrected chi connectivity index (χ4v) is 3.24. The quantitative estimate of drug-likeness (QED) is 0.689. The number of aromatic nitrogens is 3. The van der Waals surface area contributed by atoms with Crippen LogP contribution < -0.4 is 0 Å². The van der Waals surface area contributed by atoms with Gasteiger partial charge in [-0.3, -0.25) is 0 Å². The lowest BCUT2D eigenvalue weighted by Crippen LogP contribution is -1.98. The molecule has 0 atom stereocenters. The highest BCUT2D eigenvalue weighted by atomic mass is 35.7. The molecule has 0 aliphatic carbocycles. The van der Waals surface area contributed by atoms with Crippen molar-refractivity contribution < 1.29 is 12.9 Å². The molecule has 2 heterocycles. The van der Waals surface area contributed by atoms with E-state index in [0.29, 0.717) is 30.1 Å². The second-order valence-electron chi connectivity index (χ2n) is 4.53. The lowest BCUT2D eigenvalue weighted by atomic mass is 10.2. The summed E-state index contributed by atoms with van der Waals surface area (Å²) >= 11 is 0. The zero-order valence-corrected chi connectivity index (χ0v) is 12.7. The summed E-state index contributed by atoms with van der Waals surface area (Å²) in [5.74, 6) is 1.04. The molecular formula is C13H12ClN3O3S. The summed E-state index contributed by atoms with van der Waals surface area (Å²) in [6.07, 6.45) is 2.17. The first kappa shape index (κ1) is 14.1. The number of benzene rings is 1. The van der Waals surface area contributed by atoms with Crippen molar-refractivity contribution >= 4 is 30.6 Å². The van der Waals surface area contributed by atoms with Crippen LogP contribution in [-0.4, -0.2) is 23.1 Å². The molecule has 21 heavy (non-hydrogen) atoms. The number of halogens is 1. The summed E-state index contributed by atoms with van der Waals surface area (Å²) in [4.78, 5) is 4.30. The molecule has 0 saturated carbocycles. The molecule has 0 radical (unpaired) electrons. The van der Waals surface area contributed by atoms with E-state index < -0.39 is 9.05 Å². The monoisotopic (exact) mass is 325 g/mol. The standard InChI is InChI=1S/C13H12ClN3O3S/c1-2-12-15-13(20-16-12)8-17-7-11(21(14,18)19)9-5-3-4-6-10(9)17/h3-7H,2,8H2,1H3. The van der Waals surface area contributed by atoms with E-state index in [9.17, 15) is 8.42 Å². The van der Waals surface area contributed by atoms with Crippen LogP contribution in [0.2, 0.25) is 0 Å². The Balaban J connectivity index is 2.10. The molecule has 3 aromatic rings. The largest absolute Gasteiger partial charge is 0.337 e. The van der Waals surface area contributed by atoms with Gasteiger partial charge in [0.25, 0.3) is 9.05 Å². The number of nitrogens with zero attached hydrogens (tertiary/aromatic N) is 3. The van der Waals surface area contributed by atoms with Crippen molar-refractivity contribution in [1.82, 2.24) is 14.7 Å². The van der Waals surface area contributed by atoms with Crippen molar-refractivity contribution in [2.45, 2.75) is 24.8 Å². The van der Waals surface area contributed by atoms with Gasteiger partial charge in [-0.1, -0.05) is 30.3 Å². The number of hydrogen-bond acceptors (Lipinski definition) is 5. The van der Waals surface area contributed by atoms with Gasteiger partial charge in [-0.25, -0.2) is 8.42 Å². The maximum atomic E-state index is 11.7. The fraction of sp³-hybridized carbons (Fsp3) is 0.231. The topological polar surface area (TPSA) is 78.0 Å². The smallest absolute Gasteiger partial charge is 0.263 e. The molecule has 0 unspecified atom stereocenters. The Morgan fingerprint density at radius 1 is 1.33 bits per heavy atom. The molecule has 6 nitrogen and oxygen atoms in total. The van der Waals surface area contributed by atoms with Gasteiger partial charge in [0.2, 0.25) is 5.89 Å². The van der Waals surface area contributed by atoms with Crippen LogP contribution in [0.15, 0.2) is 39.9 Å². The average molecular weight is 326 g/mol. The molecule has 0 spiro atoms. The highest BCUT2D eigenvalue weighted by molar-refractivity contribution is 8.14. The molecule has 0 aliphatic rings. The van der Waals surface area contributed by atoms with E-state index in [2.05, 4.69) is 10.1 Å². The van der Waals surface area contributed by atoms with Crippen molar-refractivity contribution in [2.24, 2.45) is 0 Å². The summed E-state index contributed by atoms with van der Waals surface area (Å²) < 4.78 is 30.2. The molecule has 110 valence electrons. The van der Waals surface area contributed by atoms with Gasteiger partial charge in [-0.2, -0.15) is 4.98 Å². The molecule has 0 amide bonds. The van der Waals surface area contributed by atoms with E-state index >= 15 is 0 Å². The molecule has 2 aromatic heterocycles. The Morgan fingerprint density at radius 2 is 2.10 bits per heavy atom. The number of aryl methyl sites for hydroxylation is 1. The van der Waals surface area contributed by atoms with E-state index in [1.54, 1.807) is 16.7 Å². The third-order valence-corrected chi connectivity index (χ3v) is 4.50. The van der Waals surface area contributed by atoms with E-state index in [0.717, 1.165) is 5.52 Å². The van der Waals surface area contributed by atoms with Crippen LogP contribution in [0, 0.1) is 0 Å². The summed E-state index contributed by atoms with van der Waals surface area (Å²) in [5.41, 5.74) is 0.743. The third kappa shape index (κ3) is 2.66. The van der Waals surface area contributed by atoms with Gasteiger partial charge in [0.15, 0.2) is 5.82 Å². The number of para-hydroxylation sites is 1. The lowest BCUT2D eigenvalue weighted by molar-refractivity contribution is 0.367. The fourth-order valence-electron chi connectivity index (χ4n) is 2.18. The van der Waals surface area contributed by atoms with Crippen LogP contribution >= 0.6 is 10.7 Å². The molecule has 0 N–H and O–H groups in total. The van der Waals surface area contributed by atoms with E-state index in [-0.39, 0.29) is 4.90 Å². The predicted molar refractivity (Wildman–Crippen MR) is 77.8 cm³/mol. The van der Waals surface area contributed by atoms with Gasteiger partial charge in [-0.15, -0.1) is 0 Å². The van der Waals surface area contributed by atoms with Crippen molar-refractivity contribution in [3.8, 4) is 0 Å². The van der Waals surface area contributed by atoms with Gasteiger partial charge >= 0.3 is 0 Å². The van der Waals surface area contributed by atoms with Gasteiger partial charge in [0.05, 0.1) is 0 Å². The van der Waals surface area contributed by atoms with Crippen LogP contribution in [0.5, 0.6) is 0 Å². The summed E-state index contributed by atoms with van der Waals surface area (Å²) in [7, 11) is 1.67. The molecule has 0 aliphatic heterocycles. The molecule has 3 rings (SSSR count). The Kier molecular flexibility index (Phi) is 3.46. The second kappa shape index (κ2) is 5.16. The van der Waals surface area contributed by atoms with Crippen LogP contribution in [0.25, 0.3) is 10.9 Å². The van der Waals surface area contributed by atoms with Gasteiger partial charge < -0.3 is 9.09 Å². The molecule has 1 aromatic carbocycles. The van der Waals surface area contributed by atoms with Crippen LogP contribution in [0.1, 0.15) is 18.6 Å². The van der Waals surface area contributed by atoms with Crippen molar-refractivity contribution in [3.05, 3.63) is 42.2 Å². The summed E-state index contributed by atoms with van der Waals surface area (Å²) in [6, 6.07) is 7.12. The number of hydrogen-bond donors (Lipinski definition) is 0. The molecule has 8 heteroatoms. The Bertz CT molecular complexity index is 898. The maximum Gasteiger partial charge on any atom is 0.263 e. The minimum absolute atomic E-state index is 0.0787. The number of fused-ring (bicyclic) bond motifs is 1. The Hall–Kier alpha value is -1.86. The lowest BCUT2D eigenvalue weighted by Gasteiger charge is -2.00. The average Bonchev–Trinajstić information content (AvgIpc) is 3.04. The number of rotatable bonds is 4. The first-order valence-electron chi connectivity index (χ1n) is 6.33. The van der Waals surface area contributed by atoms with E-state index in [1.165, 1.54) is 6.20 Å². The molecular weight excluding hydrogens is 314 g/mol. The predicted octanol–water partition coefficient (Wildman–Crippen LogP) is 2.56. The zero-order valence-electron chi connectivity index (χ0n) is 11.2. The maximum absolute atomic E-state index is 11.7. The molecule has 0 bridgehead atoms. The summed E-state index contributed by atoms with van der Waals surface area (Å²) in [6.45, 7) is 2.22. The molecule has 0 fully saturated rings. The van der Waals surface area contributed by atoms with Crippen molar-refractivity contribution in [3.63, 3.8) is 0 Å². The molecule has 0 saturated heterocycles. The van der Waals surface area contributed by atoms with Crippen molar-refractivity contribution in [1.29, 1.82) is 0 Å². The van der Waals surface area contributed by atoms with Gasteiger partial charge in [-0.05, 0) is 6.07 Å². The van der Waals surface area contributed by atoms with Crippen LogP contribution in [0.4, 0.5) is 0 Å². The first-order chi connectivity index (χ1) is 9.99.